The average Bonchev–Trinajstić information content (AvgIpc) is 3.05. The molecule has 136 valence electrons. The number of guanidine groups is 1. The van der Waals surface area contributed by atoms with E-state index in [1.54, 1.807) is 16.8 Å². The number of benzene rings is 1. The fourth-order valence-electron chi connectivity index (χ4n) is 3.03. The fourth-order valence-corrected chi connectivity index (χ4v) is 3.03. The molecular formula is C18H25FIN5. The summed E-state index contributed by atoms with van der Waals surface area (Å²) < 4.78 is 14.7. The standard InChI is InChI=1S/C18H24FN5.HI/c19-14-6-8-17(9-7-14)24-13-11-16(23-24)10-12-21-18(20)22-15-4-2-1-3-5-15;/h6-9,11,13,15H,1-5,10,12H2,(H3,20,21,22);1H. The molecule has 0 unspecified atom stereocenters. The third kappa shape index (κ3) is 5.98. The van der Waals surface area contributed by atoms with Gasteiger partial charge in [-0.2, -0.15) is 5.10 Å². The van der Waals surface area contributed by atoms with Crippen LogP contribution in [-0.2, 0) is 6.42 Å². The Bertz CT molecular complexity index is 677. The van der Waals surface area contributed by atoms with E-state index in [1.807, 2.05) is 12.3 Å². The highest BCUT2D eigenvalue weighted by Crippen LogP contribution is 2.17. The maximum Gasteiger partial charge on any atom is 0.188 e. The summed E-state index contributed by atoms with van der Waals surface area (Å²) >= 11 is 0. The van der Waals surface area contributed by atoms with Crippen LogP contribution in [0.4, 0.5) is 4.39 Å². The van der Waals surface area contributed by atoms with E-state index in [1.165, 1.54) is 44.2 Å². The number of hydrogen-bond acceptors (Lipinski definition) is 2. The third-order valence-electron chi connectivity index (χ3n) is 4.34. The van der Waals surface area contributed by atoms with Gasteiger partial charge >= 0.3 is 0 Å². The molecule has 0 spiro atoms. The first-order valence-corrected chi connectivity index (χ1v) is 8.58. The van der Waals surface area contributed by atoms with E-state index in [-0.39, 0.29) is 29.8 Å². The number of nitrogens with one attached hydrogen (secondary N) is 1. The van der Waals surface area contributed by atoms with Crippen molar-refractivity contribution in [2.75, 3.05) is 6.54 Å². The van der Waals surface area contributed by atoms with Gasteiger partial charge in [-0.3, -0.25) is 4.99 Å². The molecule has 0 aliphatic heterocycles. The minimum Gasteiger partial charge on any atom is -0.370 e. The second-order valence-electron chi connectivity index (χ2n) is 6.22. The molecule has 1 aromatic carbocycles. The molecule has 1 fully saturated rings. The first kappa shape index (κ1) is 19.7. The molecule has 1 saturated carbocycles. The Morgan fingerprint density at radius 2 is 1.92 bits per heavy atom. The van der Waals surface area contributed by atoms with Gasteiger partial charge in [-0.05, 0) is 43.2 Å². The molecule has 0 atom stereocenters. The van der Waals surface area contributed by atoms with Crippen molar-refractivity contribution in [1.29, 1.82) is 0 Å². The lowest BCUT2D eigenvalue weighted by molar-refractivity contribution is 0.412. The van der Waals surface area contributed by atoms with Crippen molar-refractivity contribution in [3.63, 3.8) is 0 Å². The van der Waals surface area contributed by atoms with Crippen molar-refractivity contribution >= 4 is 29.9 Å². The van der Waals surface area contributed by atoms with E-state index in [2.05, 4.69) is 15.4 Å². The number of rotatable bonds is 5. The molecule has 1 heterocycles. The molecule has 0 amide bonds. The summed E-state index contributed by atoms with van der Waals surface area (Å²) in [6.45, 7) is 0.603. The number of nitrogens with zero attached hydrogens (tertiary/aromatic N) is 3. The first-order chi connectivity index (χ1) is 11.7. The van der Waals surface area contributed by atoms with Gasteiger partial charge < -0.3 is 11.1 Å². The van der Waals surface area contributed by atoms with Gasteiger partial charge in [0, 0.05) is 25.2 Å². The molecule has 1 aliphatic carbocycles. The van der Waals surface area contributed by atoms with Crippen LogP contribution in [-0.4, -0.2) is 28.3 Å². The number of aromatic nitrogens is 2. The van der Waals surface area contributed by atoms with E-state index in [9.17, 15) is 4.39 Å². The van der Waals surface area contributed by atoms with Crippen LogP contribution in [0.1, 0.15) is 37.8 Å². The molecule has 1 aromatic heterocycles. The van der Waals surface area contributed by atoms with Gasteiger partial charge in [0.05, 0.1) is 11.4 Å². The van der Waals surface area contributed by atoms with Crippen molar-refractivity contribution in [2.24, 2.45) is 10.7 Å². The predicted octanol–water partition coefficient (Wildman–Crippen LogP) is 3.41. The highest BCUT2D eigenvalue weighted by molar-refractivity contribution is 14.0. The molecule has 3 rings (SSSR count). The van der Waals surface area contributed by atoms with Crippen LogP contribution in [0.15, 0.2) is 41.5 Å². The van der Waals surface area contributed by atoms with Crippen molar-refractivity contribution < 1.29 is 4.39 Å². The van der Waals surface area contributed by atoms with Crippen LogP contribution in [0.2, 0.25) is 0 Å². The third-order valence-corrected chi connectivity index (χ3v) is 4.34. The van der Waals surface area contributed by atoms with Crippen molar-refractivity contribution in [1.82, 2.24) is 15.1 Å². The number of hydrogen-bond donors (Lipinski definition) is 2. The minimum absolute atomic E-state index is 0. The smallest absolute Gasteiger partial charge is 0.188 e. The molecule has 25 heavy (non-hydrogen) atoms. The lowest BCUT2D eigenvalue weighted by Crippen LogP contribution is -2.41. The highest BCUT2D eigenvalue weighted by atomic mass is 127. The van der Waals surface area contributed by atoms with Gasteiger partial charge in [0.2, 0.25) is 0 Å². The van der Waals surface area contributed by atoms with Gasteiger partial charge in [0.1, 0.15) is 5.82 Å². The Labute approximate surface area is 164 Å². The second kappa shape index (κ2) is 9.74. The van der Waals surface area contributed by atoms with Crippen LogP contribution in [0, 0.1) is 5.82 Å². The highest BCUT2D eigenvalue weighted by Gasteiger charge is 2.13. The van der Waals surface area contributed by atoms with Crippen LogP contribution < -0.4 is 11.1 Å². The van der Waals surface area contributed by atoms with Crippen LogP contribution in [0.3, 0.4) is 0 Å². The van der Waals surface area contributed by atoms with Gasteiger partial charge in [-0.25, -0.2) is 9.07 Å². The van der Waals surface area contributed by atoms with Gasteiger partial charge in [0.15, 0.2) is 5.96 Å². The summed E-state index contributed by atoms with van der Waals surface area (Å²) in [5, 5.41) is 7.79. The summed E-state index contributed by atoms with van der Waals surface area (Å²) in [4.78, 5) is 4.39. The Kier molecular flexibility index (Phi) is 7.67. The Morgan fingerprint density at radius 1 is 1.20 bits per heavy atom. The molecule has 3 N–H and O–H groups in total. The zero-order chi connectivity index (χ0) is 16.8. The number of aliphatic imine (C=N–C) groups is 1. The molecule has 2 aromatic rings. The Balaban J connectivity index is 0.00000225. The normalized spacial score (nSPS) is 15.6. The van der Waals surface area contributed by atoms with Crippen molar-refractivity contribution in [2.45, 2.75) is 44.6 Å². The lowest BCUT2D eigenvalue weighted by Gasteiger charge is -2.23. The van der Waals surface area contributed by atoms with E-state index in [0.717, 1.165) is 17.8 Å². The molecule has 5 nitrogen and oxygen atoms in total. The van der Waals surface area contributed by atoms with Crippen LogP contribution in [0.5, 0.6) is 0 Å². The second-order valence-corrected chi connectivity index (χ2v) is 6.22. The number of nitrogens with two attached hydrogens (primary N) is 1. The van der Waals surface area contributed by atoms with Crippen molar-refractivity contribution in [3.05, 3.63) is 48.0 Å². The first-order valence-electron chi connectivity index (χ1n) is 8.58. The molecule has 0 saturated heterocycles. The molecule has 7 heteroatoms. The number of halogens is 2. The SMILES string of the molecule is I.NC(=NCCc1ccn(-c2ccc(F)cc2)n1)NC1CCCCC1. The molecule has 0 bridgehead atoms. The van der Waals surface area contributed by atoms with Gasteiger partial charge in [-0.1, -0.05) is 19.3 Å². The quantitative estimate of drug-likeness (QED) is 0.411. The van der Waals surface area contributed by atoms with Crippen LogP contribution in [0.25, 0.3) is 5.69 Å². The average molecular weight is 457 g/mol. The molecule has 1 aliphatic rings. The van der Waals surface area contributed by atoms with E-state index >= 15 is 0 Å². The summed E-state index contributed by atoms with van der Waals surface area (Å²) in [6, 6.07) is 8.69. The van der Waals surface area contributed by atoms with Gasteiger partial charge in [-0.15, -0.1) is 24.0 Å². The molecule has 0 radical (unpaired) electrons. The fraction of sp³-hybridized carbons (Fsp3) is 0.444. The summed E-state index contributed by atoms with van der Waals surface area (Å²) in [6.07, 6.45) is 8.82. The summed E-state index contributed by atoms with van der Waals surface area (Å²) in [7, 11) is 0. The van der Waals surface area contributed by atoms with Crippen molar-refractivity contribution in [3.8, 4) is 5.69 Å². The summed E-state index contributed by atoms with van der Waals surface area (Å²) in [5.41, 5.74) is 7.73. The zero-order valence-electron chi connectivity index (χ0n) is 14.2. The Morgan fingerprint density at radius 3 is 2.64 bits per heavy atom. The maximum atomic E-state index is 13.0. The molecular weight excluding hydrogens is 432 g/mol. The summed E-state index contributed by atoms with van der Waals surface area (Å²) in [5.74, 6) is 0.279. The van der Waals surface area contributed by atoms with E-state index in [0.29, 0.717) is 18.5 Å². The minimum atomic E-state index is -0.249. The topological polar surface area (TPSA) is 68.2 Å². The largest absolute Gasteiger partial charge is 0.370 e. The monoisotopic (exact) mass is 457 g/mol. The maximum absolute atomic E-state index is 13.0. The lowest BCUT2D eigenvalue weighted by atomic mass is 9.96. The van der Waals surface area contributed by atoms with E-state index in [4.69, 9.17) is 5.73 Å². The zero-order valence-corrected chi connectivity index (χ0v) is 16.5. The van der Waals surface area contributed by atoms with Crippen LogP contribution >= 0.6 is 24.0 Å². The van der Waals surface area contributed by atoms with E-state index < -0.39 is 0 Å². The predicted molar refractivity (Wildman–Crippen MR) is 109 cm³/mol. The van der Waals surface area contributed by atoms with Gasteiger partial charge in [0.25, 0.3) is 0 Å². The Hall–Kier alpha value is -1.64.